The largest absolute Gasteiger partial charge is 0.528 e. The van der Waals surface area contributed by atoms with Crippen molar-refractivity contribution in [3.63, 3.8) is 0 Å². The van der Waals surface area contributed by atoms with Crippen LogP contribution in [-0.4, -0.2) is 54.5 Å². The SMILES string of the molecule is [C-]#[N+]C([N+]#[C-])=C(/C(C#N)=C/C=C/C1=C(N2CCN(C(=O)OCC)CC2)C(=C/C=C/C(C#N)=C(/C(=C=N)C#N)c2ccc(C)cc2)CC1)c1ccc(C)cc1. The third-order valence-electron chi connectivity index (χ3n) is 8.90. The first-order valence-corrected chi connectivity index (χ1v) is 17.3. The third-order valence-corrected chi connectivity index (χ3v) is 8.90. The molecule has 0 aromatic heterocycles. The van der Waals surface area contributed by atoms with Crippen molar-refractivity contribution in [1.29, 1.82) is 21.2 Å². The number of nitrogens with one attached hydrogen (secondary N) is 1. The molecule has 0 spiro atoms. The Kier molecular flexibility index (Phi) is 14.0. The minimum atomic E-state index is -0.350. The number of allylic oxidation sites excluding steroid dienone is 13. The van der Waals surface area contributed by atoms with E-state index >= 15 is 0 Å². The molecule has 4 rings (SSSR count). The predicted octanol–water partition coefficient (Wildman–Crippen LogP) is 8.80. The van der Waals surface area contributed by atoms with Crippen LogP contribution in [-0.2, 0) is 4.74 Å². The second-order valence-electron chi connectivity index (χ2n) is 12.3. The Morgan fingerprint density at radius 3 is 2.00 bits per heavy atom. The van der Waals surface area contributed by atoms with Crippen LogP contribution in [0.15, 0.2) is 124 Å². The average Bonchev–Trinajstić information content (AvgIpc) is 3.60. The Hall–Kier alpha value is -7.41. The van der Waals surface area contributed by atoms with Gasteiger partial charge in [-0.2, -0.15) is 25.5 Å². The van der Waals surface area contributed by atoms with Crippen LogP contribution in [0.2, 0.25) is 0 Å². The van der Waals surface area contributed by atoms with Crippen LogP contribution in [0.5, 0.6) is 0 Å². The molecule has 1 N–H and O–H groups in total. The van der Waals surface area contributed by atoms with Gasteiger partial charge >= 0.3 is 11.9 Å². The molecule has 1 aliphatic carbocycles. The lowest BCUT2D eigenvalue weighted by molar-refractivity contribution is 0.0873. The van der Waals surface area contributed by atoms with E-state index in [0.717, 1.165) is 28.0 Å². The van der Waals surface area contributed by atoms with Crippen LogP contribution in [0.4, 0.5) is 4.79 Å². The number of carbonyl (C=O) groups excluding carboxylic acids is 1. The van der Waals surface area contributed by atoms with E-state index < -0.39 is 0 Å². The molecule has 0 radical (unpaired) electrons. The van der Waals surface area contributed by atoms with Crippen molar-refractivity contribution in [2.24, 2.45) is 0 Å². The molecule has 54 heavy (non-hydrogen) atoms. The summed E-state index contributed by atoms with van der Waals surface area (Å²) >= 11 is 0. The number of carbonyl (C=O) groups is 1. The Morgan fingerprint density at radius 2 is 1.48 bits per heavy atom. The molecule has 2 aromatic carbocycles. The van der Waals surface area contributed by atoms with Gasteiger partial charge in [0.25, 0.3) is 0 Å². The summed E-state index contributed by atoms with van der Waals surface area (Å²) in [7, 11) is 0. The summed E-state index contributed by atoms with van der Waals surface area (Å²) in [5.74, 6) is 1.99. The minimum Gasteiger partial charge on any atom is -0.450 e. The highest BCUT2D eigenvalue weighted by Gasteiger charge is 2.28. The lowest BCUT2D eigenvalue weighted by Gasteiger charge is -2.37. The molecule has 1 amide bonds. The Balaban J connectivity index is 1.78. The molecular weight excluding hydrogens is 673 g/mol. The number of rotatable bonds is 10. The molecule has 2 aliphatic rings. The molecule has 10 heteroatoms. The average molecular weight is 711 g/mol. The fraction of sp³-hybridized carbons (Fsp3) is 0.227. The second kappa shape index (κ2) is 19.3. The maximum Gasteiger partial charge on any atom is 0.528 e. The smallest absolute Gasteiger partial charge is 0.450 e. The molecule has 1 aliphatic heterocycles. The summed E-state index contributed by atoms with van der Waals surface area (Å²) in [6.07, 6.45) is 11.7. The Labute approximate surface area is 317 Å². The molecule has 0 bridgehead atoms. The lowest BCUT2D eigenvalue weighted by atomic mass is 9.93. The zero-order valence-electron chi connectivity index (χ0n) is 30.5. The highest BCUT2D eigenvalue weighted by Crippen LogP contribution is 2.36. The normalized spacial score (nSPS) is 15.4. The number of nitriles is 3. The van der Waals surface area contributed by atoms with E-state index in [4.69, 9.17) is 23.3 Å². The van der Waals surface area contributed by atoms with Gasteiger partial charge in [0.05, 0.1) is 35.5 Å². The molecule has 2 aromatic rings. The van der Waals surface area contributed by atoms with Gasteiger partial charge in [-0.3, -0.25) is 5.41 Å². The number of amides is 1. The van der Waals surface area contributed by atoms with Gasteiger partial charge in [-0.25, -0.2) is 4.79 Å². The molecule has 1 fully saturated rings. The van der Waals surface area contributed by atoms with E-state index in [1.807, 2.05) is 68.5 Å². The minimum absolute atomic E-state index is 0.0499. The van der Waals surface area contributed by atoms with Gasteiger partial charge in [0.1, 0.15) is 24.8 Å². The van der Waals surface area contributed by atoms with Crippen LogP contribution in [0.1, 0.15) is 42.0 Å². The molecule has 1 heterocycles. The van der Waals surface area contributed by atoms with Crippen molar-refractivity contribution >= 4 is 23.1 Å². The zero-order valence-corrected chi connectivity index (χ0v) is 30.5. The molecule has 0 unspecified atom stereocenters. The molecule has 1 saturated heterocycles. The van der Waals surface area contributed by atoms with Gasteiger partial charge in [0.2, 0.25) is 0 Å². The fourth-order valence-electron chi connectivity index (χ4n) is 6.21. The first kappa shape index (κ1) is 39.4. The van der Waals surface area contributed by atoms with Crippen molar-refractivity contribution in [3.05, 3.63) is 169 Å². The van der Waals surface area contributed by atoms with Gasteiger partial charge < -0.3 is 14.5 Å². The van der Waals surface area contributed by atoms with Gasteiger partial charge in [0.15, 0.2) is 0 Å². The van der Waals surface area contributed by atoms with Crippen LogP contribution < -0.4 is 0 Å². The van der Waals surface area contributed by atoms with Crippen molar-refractivity contribution in [1.82, 2.24) is 9.80 Å². The van der Waals surface area contributed by atoms with Crippen LogP contribution in [0, 0.1) is 66.4 Å². The highest BCUT2D eigenvalue weighted by molar-refractivity contribution is 5.95. The number of aryl methyl sites for hydroxylation is 2. The predicted molar refractivity (Wildman–Crippen MR) is 208 cm³/mol. The van der Waals surface area contributed by atoms with E-state index in [1.165, 1.54) is 0 Å². The van der Waals surface area contributed by atoms with Crippen molar-refractivity contribution in [2.75, 3.05) is 32.8 Å². The summed E-state index contributed by atoms with van der Waals surface area (Å²) in [5.41, 5.74) is 7.19. The highest BCUT2D eigenvalue weighted by atomic mass is 16.6. The number of benzene rings is 2. The number of hydrogen-bond acceptors (Lipinski definition) is 7. The Bertz CT molecular complexity index is 2250. The Morgan fingerprint density at radius 1 is 0.870 bits per heavy atom. The van der Waals surface area contributed by atoms with E-state index in [1.54, 1.807) is 48.3 Å². The molecular formula is C44H38N8O2. The summed E-state index contributed by atoms with van der Waals surface area (Å²) < 4.78 is 5.22. The molecule has 266 valence electrons. The van der Waals surface area contributed by atoms with Crippen LogP contribution in [0.3, 0.4) is 0 Å². The number of nitrogens with zero attached hydrogens (tertiary/aromatic N) is 7. The maximum atomic E-state index is 12.5. The number of piperazine rings is 1. The number of ether oxygens (including phenoxy) is 1. The van der Waals surface area contributed by atoms with Gasteiger partial charge in [-0.1, -0.05) is 84.0 Å². The molecule has 0 saturated carbocycles. The van der Waals surface area contributed by atoms with Gasteiger partial charge in [-0.15, -0.1) is 0 Å². The number of hydrogen-bond donors (Lipinski definition) is 1. The van der Waals surface area contributed by atoms with E-state index in [0.29, 0.717) is 62.3 Å². The van der Waals surface area contributed by atoms with Crippen LogP contribution >= 0.6 is 0 Å². The first-order chi connectivity index (χ1) is 26.2. The quantitative estimate of drug-likeness (QED) is 0.113. The zero-order chi connectivity index (χ0) is 39.0. The first-order valence-electron chi connectivity index (χ1n) is 17.3. The molecule has 10 nitrogen and oxygen atoms in total. The second-order valence-corrected chi connectivity index (χ2v) is 12.3. The maximum absolute atomic E-state index is 12.5. The lowest BCUT2D eigenvalue weighted by Crippen LogP contribution is -2.48. The van der Waals surface area contributed by atoms with Crippen molar-refractivity contribution in [2.45, 2.75) is 33.6 Å². The van der Waals surface area contributed by atoms with E-state index in [9.17, 15) is 20.6 Å². The van der Waals surface area contributed by atoms with E-state index in [-0.39, 0.29) is 34.2 Å². The topological polar surface area (TPSA) is 137 Å². The standard InChI is InChI=1S/C44H38N8O2/c1-6-54-44(53)52-25-23-51(24-26-52)42-35(9-7-11-37(27-45)40(39(29-47)30-48)33-17-13-31(2)14-18-33)21-22-36(42)10-8-12-38(28-46)41(43(49-4)50-5)34-19-15-32(3)16-20-34/h7-20,47H,6,21-26H2,1-3H3/b10-8+,11-7+,35-9?,38-12+,40-37-. The summed E-state index contributed by atoms with van der Waals surface area (Å²) in [5, 5.41) is 37.8. The molecule has 0 atom stereocenters. The van der Waals surface area contributed by atoms with Gasteiger partial charge in [-0.05, 0) is 73.9 Å². The summed E-state index contributed by atoms with van der Waals surface area (Å²) in [4.78, 5) is 23.2. The summed E-state index contributed by atoms with van der Waals surface area (Å²) in [6, 6.07) is 21.1. The van der Waals surface area contributed by atoms with Crippen molar-refractivity contribution < 1.29 is 9.53 Å². The summed E-state index contributed by atoms with van der Waals surface area (Å²) in [6.45, 7) is 23.2. The monoisotopic (exact) mass is 710 g/mol. The third kappa shape index (κ3) is 9.47. The fourth-order valence-corrected chi connectivity index (χ4v) is 6.21. The van der Waals surface area contributed by atoms with E-state index in [2.05, 4.69) is 32.6 Å². The van der Waals surface area contributed by atoms with Gasteiger partial charge in [0, 0.05) is 37.4 Å². The van der Waals surface area contributed by atoms with Crippen molar-refractivity contribution in [3.8, 4) is 18.2 Å². The van der Waals surface area contributed by atoms with Crippen LogP contribution in [0.25, 0.3) is 20.8 Å².